The van der Waals surface area contributed by atoms with Gasteiger partial charge in [-0.15, -0.1) is 11.3 Å². The molecule has 2 aromatic rings. The van der Waals surface area contributed by atoms with Crippen molar-refractivity contribution in [3.05, 3.63) is 45.8 Å². The molecule has 2 N–H and O–H groups in total. The summed E-state index contributed by atoms with van der Waals surface area (Å²) in [6.07, 6.45) is 0.474. The van der Waals surface area contributed by atoms with Gasteiger partial charge in [-0.25, -0.2) is 18.0 Å². The van der Waals surface area contributed by atoms with Gasteiger partial charge in [0.1, 0.15) is 5.00 Å². The van der Waals surface area contributed by atoms with E-state index in [1.165, 1.54) is 33.5 Å². The van der Waals surface area contributed by atoms with Crippen LogP contribution in [0.1, 0.15) is 57.8 Å². The first kappa shape index (κ1) is 29.5. The van der Waals surface area contributed by atoms with E-state index in [1.54, 1.807) is 6.92 Å². The van der Waals surface area contributed by atoms with Crippen molar-refractivity contribution in [3.8, 4) is 0 Å². The van der Waals surface area contributed by atoms with Gasteiger partial charge in [-0.1, -0.05) is 6.92 Å². The molecule has 2 aliphatic heterocycles. The summed E-state index contributed by atoms with van der Waals surface area (Å²) in [5.74, 6) is -0.835. The van der Waals surface area contributed by atoms with Crippen LogP contribution >= 0.6 is 11.3 Å². The lowest BCUT2D eigenvalue weighted by Crippen LogP contribution is -2.37. The summed E-state index contributed by atoms with van der Waals surface area (Å²) in [5.41, 5.74) is 0.908. The van der Waals surface area contributed by atoms with Crippen LogP contribution in [0.2, 0.25) is 0 Å². The Morgan fingerprint density at radius 2 is 1.73 bits per heavy atom. The topological polar surface area (TPSA) is 151 Å². The molecule has 1 aromatic carbocycles. The van der Waals surface area contributed by atoms with Crippen LogP contribution < -0.4 is 10.6 Å². The zero-order valence-electron chi connectivity index (χ0n) is 22.5. The van der Waals surface area contributed by atoms with Crippen molar-refractivity contribution in [2.24, 2.45) is 5.92 Å². The summed E-state index contributed by atoms with van der Waals surface area (Å²) in [4.78, 5) is 52.4. The third-order valence-electron chi connectivity index (χ3n) is 6.93. The highest BCUT2D eigenvalue weighted by molar-refractivity contribution is 7.89. The van der Waals surface area contributed by atoms with E-state index in [2.05, 4.69) is 22.3 Å². The van der Waals surface area contributed by atoms with Crippen molar-refractivity contribution in [1.82, 2.24) is 14.5 Å². The van der Waals surface area contributed by atoms with E-state index >= 15 is 0 Å². The van der Waals surface area contributed by atoms with Crippen LogP contribution in [0.4, 0.5) is 14.6 Å². The number of anilines is 1. The molecule has 216 valence electrons. The first-order chi connectivity index (χ1) is 19.0. The number of hydrogen-bond donors (Lipinski definition) is 2. The third-order valence-corrected chi connectivity index (χ3v) is 9.98. The smallest absolute Gasteiger partial charge is 0.413 e. The van der Waals surface area contributed by atoms with Crippen molar-refractivity contribution in [2.45, 2.75) is 44.6 Å². The van der Waals surface area contributed by atoms with E-state index in [1.807, 2.05) is 0 Å². The number of carbonyl (C=O) groups excluding carboxylic acids is 4. The maximum atomic E-state index is 13.2. The largest absolute Gasteiger partial charge is 0.453 e. The number of alkyl carbamates (subject to hydrolysis) is 1. The number of hydrogen-bond acceptors (Lipinski definition) is 9. The second-order valence-corrected chi connectivity index (χ2v) is 12.6. The van der Waals surface area contributed by atoms with Gasteiger partial charge in [0, 0.05) is 30.1 Å². The molecule has 4 amide bonds. The number of nitrogens with zero attached hydrogens (tertiary/aromatic N) is 2. The minimum atomic E-state index is -3.67. The molecule has 0 saturated carbocycles. The molecule has 2 aliphatic rings. The molecule has 4 rings (SSSR count). The molecular weight excluding hydrogens is 560 g/mol. The summed E-state index contributed by atoms with van der Waals surface area (Å²) in [5, 5.41) is 5.05. The number of sulfonamides is 1. The fourth-order valence-corrected chi connectivity index (χ4v) is 7.36. The standard InChI is InChI=1S/C26H32N4O8S2/c1-4-38-26(34)29-12-11-19-20(15-29)39-24(21(19)23(32)28-25(33)37-3)27-22(31)17-5-7-18(8-6-17)40(35,36)30-13-9-16(2)10-14-30/h5-8,16H,4,9-15H2,1-3H3,(H,27,31)(H,28,32,33). The number of imide groups is 1. The van der Waals surface area contributed by atoms with E-state index < -0.39 is 34.0 Å². The summed E-state index contributed by atoms with van der Waals surface area (Å²) in [6, 6.07) is 5.62. The van der Waals surface area contributed by atoms with Crippen molar-refractivity contribution >= 4 is 50.4 Å². The Morgan fingerprint density at radius 1 is 1.05 bits per heavy atom. The molecule has 0 bridgehead atoms. The average Bonchev–Trinajstić information content (AvgIpc) is 3.30. The number of thiophene rings is 1. The van der Waals surface area contributed by atoms with E-state index in [9.17, 15) is 27.6 Å². The van der Waals surface area contributed by atoms with Crippen LogP contribution in [0.5, 0.6) is 0 Å². The molecule has 3 heterocycles. The molecule has 12 nitrogen and oxygen atoms in total. The first-order valence-electron chi connectivity index (χ1n) is 12.9. The van der Waals surface area contributed by atoms with Crippen molar-refractivity contribution in [2.75, 3.05) is 38.7 Å². The molecule has 0 radical (unpaired) electrons. The van der Waals surface area contributed by atoms with Gasteiger partial charge in [0.05, 0.1) is 30.7 Å². The number of amides is 4. The second-order valence-electron chi connectivity index (χ2n) is 9.59. The molecular formula is C26H32N4O8S2. The Morgan fingerprint density at radius 3 is 2.35 bits per heavy atom. The van der Waals surface area contributed by atoms with Crippen LogP contribution in [0, 0.1) is 5.92 Å². The predicted octanol–water partition coefficient (Wildman–Crippen LogP) is 3.43. The number of piperidine rings is 1. The summed E-state index contributed by atoms with van der Waals surface area (Å²) >= 11 is 1.12. The van der Waals surface area contributed by atoms with Crippen molar-refractivity contribution in [1.29, 1.82) is 0 Å². The minimum absolute atomic E-state index is 0.0994. The molecule has 0 atom stereocenters. The maximum absolute atomic E-state index is 13.2. The van der Waals surface area contributed by atoms with Gasteiger partial charge in [-0.3, -0.25) is 14.9 Å². The Balaban J connectivity index is 1.56. The number of carbonyl (C=O) groups is 4. The molecule has 0 aliphatic carbocycles. The lowest BCUT2D eigenvalue weighted by atomic mass is 10.0. The van der Waals surface area contributed by atoms with E-state index in [0.29, 0.717) is 42.4 Å². The van der Waals surface area contributed by atoms with Gasteiger partial charge >= 0.3 is 12.2 Å². The van der Waals surface area contributed by atoms with Gasteiger partial charge in [-0.05, 0) is 61.9 Å². The number of nitrogens with one attached hydrogen (secondary N) is 2. The van der Waals surface area contributed by atoms with E-state index in [0.717, 1.165) is 31.3 Å². The molecule has 1 saturated heterocycles. The molecule has 40 heavy (non-hydrogen) atoms. The SMILES string of the molecule is CCOC(=O)N1CCc2c(sc(NC(=O)c3ccc(S(=O)(=O)N4CCC(C)CC4)cc3)c2C(=O)NC(=O)OC)C1. The first-order valence-corrected chi connectivity index (χ1v) is 15.2. The fraction of sp³-hybridized carbons (Fsp3) is 0.462. The molecule has 1 aromatic heterocycles. The Bertz CT molecular complexity index is 1400. The van der Waals surface area contributed by atoms with Crippen LogP contribution in [-0.4, -0.2) is 75.0 Å². The molecule has 0 spiro atoms. The molecule has 1 fully saturated rings. The number of benzene rings is 1. The van der Waals surface area contributed by atoms with Crippen LogP contribution in [0.15, 0.2) is 29.2 Å². The number of methoxy groups -OCH3 is 1. The van der Waals surface area contributed by atoms with Gasteiger partial charge in [-0.2, -0.15) is 4.31 Å². The average molecular weight is 593 g/mol. The van der Waals surface area contributed by atoms with Crippen LogP contribution in [-0.2, 0) is 32.5 Å². The van der Waals surface area contributed by atoms with Gasteiger partial charge in [0.15, 0.2) is 0 Å². The minimum Gasteiger partial charge on any atom is -0.453 e. The number of ether oxygens (including phenoxy) is 2. The maximum Gasteiger partial charge on any atom is 0.413 e. The van der Waals surface area contributed by atoms with E-state index in [-0.39, 0.29) is 34.2 Å². The number of rotatable bonds is 6. The zero-order valence-corrected chi connectivity index (χ0v) is 24.2. The summed E-state index contributed by atoms with van der Waals surface area (Å²) in [6.45, 7) is 5.41. The van der Waals surface area contributed by atoms with Gasteiger partial charge in [0.25, 0.3) is 11.8 Å². The highest BCUT2D eigenvalue weighted by Gasteiger charge is 2.32. The third kappa shape index (κ3) is 6.29. The molecule has 14 heteroatoms. The number of fused-ring (bicyclic) bond motifs is 1. The zero-order chi connectivity index (χ0) is 29.0. The second kappa shape index (κ2) is 12.4. The van der Waals surface area contributed by atoms with Gasteiger partial charge in [0.2, 0.25) is 10.0 Å². The Kier molecular flexibility index (Phi) is 9.11. The lowest BCUT2D eigenvalue weighted by Gasteiger charge is -2.29. The van der Waals surface area contributed by atoms with E-state index in [4.69, 9.17) is 4.74 Å². The monoisotopic (exact) mass is 592 g/mol. The highest BCUT2D eigenvalue weighted by Crippen LogP contribution is 2.37. The van der Waals surface area contributed by atoms with Crippen LogP contribution in [0.3, 0.4) is 0 Å². The quantitative estimate of drug-likeness (QED) is 0.518. The van der Waals surface area contributed by atoms with Crippen molar-refractivity contribution in [3.63, 3.8) is 0 Å². The summed E-state index contributed by atoms with van der Waals surface area (Å²) in [7, 11) is -2.55. The molecule has 0 unspecified atom stereocenters. The lowest BCUT2D eigenvalue weighted by molar-refractivity contribution is 0.0936. The normalized spacial score (nSPS) is 16.1. The Hall–Kier alpha value is -3.49. The summed E-state index contributed by atoms with van der Waals surface area (Å²) < 4.78 is 37.2. The Labute approximate surface area is 236 Å². The predicted molar refractivity (Wildman–Crippen MR) is 147 cm³/mol. The van der Waals surface area contributed by atoms with Crippen LogP contribution in [0.25, 0.3) is 0 Å². The van der Waals surface area contributed by atoms with Gasteiger partial charge < -0.3 is 19.7 Å². The fourth-order valence-electron chi connectivity index (χ4n) is 4.64. The highest BCUT2D eigenvalue weighted by atomic mass is 32.2. The van der Waals surface area contributed by atoms with Crippen molar-refractivity contribution < 1.29 is 37.1 Å².